The summed E-state index contributed by atoms with van der Waals surface area (Å²) in [6, 6.07) is 20.2. The molecule has 1 aliphatic rings. The highest BCUT2D eigenvalue weighted by Gasteiger charge is 2.62. The summed E-state index contributed by atoms with van der Waals surface area (Å²) >= 11 is 0. The number of ether oxygens (including phenoxy) is 1. The van der Waals surface area contributed by atoms with Crippen molar-refractivity contribution in [1.29, 1.82) is 5.26 Å². The van der Waals surface area contributed by atoms with Crippen LogP contribution in [-0.4, -0.2) is 9.97 Å². The molecule has 158 valence electrons. The maximum Gasteiger partial charge on any atom is 0.133 e. The quantitative estimate of drug-likeness (QED) is 0.474. The van der Waals surface area contributed by atoms with E-state index < -0.39 is 0 Å². The average Bonchev–Trinajstić information content (AvgIpc) is 3.30. The van der Waals surface area contributed by atoms with Crippen LogP contribution in [0.3, 0.4) is 0 Å². The van der Waals surface area contributed by atoms with Crippen LogP contribution in [0.15, 0.2) is 67.0 Å². The van der Waals surface area contributed by atoms with Gasteiger partial charge in [0, 0.05) is 17.8 Å². The molecule has 1 aromatic heterocycles. The Morgan fingerprint density at radius 1 is 0.968 bits per heavy atom. The summed E-state index contributed by atoms with van der Waals surface area (Å²) < 4.78 is 5.99. The van der Waals surface area contributed by atoms with Crippen LogP contribution in [0.25, 0.3) is 0 Å². The second-order valence-electron chi connectivity index (χ2n) is 10.0. The zero-order valence-electron chi connectivity index (χ0n) is 18.8. The summed E-state index contributed by atoms with van der Waals surface area (Å²) in [5, 5.41) is 10.1. The van der Waals surface area contributed by atoms with E-state index in [1.54, 1.807) is 0 Å². The molecule has 4 nitrogen and oxygen atoms in total. The van der Waals surface area contributed by atoms with Crippen molar-refractivity contribution in [3.05, 3.63) is 83.9 Å². The van der Waals surface area contributed by atoms with Gasteiger partial charge in [-0.05, 0) is 52.6 Å². The highest BCUT2D eigenvalue weighted by Crippen LogP contribution is 2.69. The fraction of sp³-hybridized carbons (Fsp3) is 0.370. The van der Waals surface area contributed by atoms with Gasteiger partial charge in [-0.2, -0.15) is 5.26 Å². The highest BCUT2D eigenvalue weighted by molar-refractivity contribution is 5.42. The van der Waals surface area contributed by atoms with E-state index in [9.17, 15) is 5.26 Å². The van der Waals surface area contributed by atoms with Crippen LogP contribution in [-0.2, 0) is 5.41 Å². The van der Waals surface area contributed by atoms with Crippen molar-refractivity contribution < 1.29 is 4.74 Å². The predicted octanol–water partition coefficient (Wildman–Crippen LogP) is 6.61. The summed E-state index contributed by atoms with van der Waals surface area (Å²) in [4.78, 5) is 9.23. The third-order valence-corrected chi connectivity index (χ3v) is 6.31. The molecule has 1 fully saturated rings. The van der Waals surface area contributed by atoms with E-state index in [4.69, 9.17) is 4.74 Å². The zero-order valence-corrected chi connectivity index (χ0v) is 18.8. The monoisotopic (exact) mass is 411 g/mol. The molecular weight excluding hydrogens is 382 g/mol. The van der Waals surface area contributed by atoms with Crippen LogP contribution in [0.1, 0.15) is 63.4 Å². The minimum atomic E-state index is -0.221. The minimum absolute atomic E-state index is 0.00327. The summed E-state index contributed by atoms with van der Waals surface area (Å²) in [7, 11) is 0. The molecule has 4 rings (SSSR count). The van der Waals surface area contributed by atoms with Gasteiger partial charge in [-0.3, -0.25) is 0 Å². The number of benzene rings is 2. The molecule has 0 amide bonds. The van der Waals surface area contributed by atoms with Crippen LogP contribution in [0, 0.1) is 22.7 Å². The Morgan fingerprint density at radius 3 is 2.23 bits per heavy atom. The van der Waals surface area contributed by atoms with Crippen molar-refractivity contribution in [3.63, 3.8) is 0 Å². The average molecular weight is 412 g/mol. The maximum absolute atomic E-state index is 10.1. The molecule has 1 aliphatic carbocycles. The third kappa shape index (κ3) is 4.18. The lowest BCUT2D eigenvalue weighted by atomic mass is 9.91. The van der Waals surface area contributed by atoms with E-state index in [0.717, 1.165) is 28.5 Å². The Bertz CT molecular complexity index is 1090. The Balaban J connectivity index is 1.58. The van der Waals surface area contributed by atoms with E-state index in [1.807, 2.05) is 67.0 Å². The maximum atomic E-state index is 10.1. The number of hydrogen-bond donors (Lipinski definition) is 0. The molecule has 1 heterocycles. The lowest BCUT2D eigenvalue weighted by Crippen LogP contribution is -2.15. The first-order valence-corrected chi connectivity index (χ1v) is 10.8. The number of rotatable bonds is 5. The first kappa shape index (κ1) is 21.1. The molecule has 0 unspecified atom stereocenters. The molecule has 0 spiro atoms. The van der Waals surface area contributed by atoms with Gasteiger partial charge in [0.05, 0.1) is 12.0 Å². The number of hydrogen-bond acceptors (Lipinski definition) is 4. The van der Waals surface area contributed by atoms with Crippen LogP contribution in [0.2, 0.25) is 0 Å². The Hall–Kier alpha value is -3.19. The van der Waals surface area contributed by atoms with Crippen LogP contribution >= 0.6 is 0 Å². The minimum Gasteiger partial charge on any atom is -0.457 e. The van der Waals surface area contributed by atoms with Crippen molar-refractivity contribution >= 4 is 0 Å². The molecule has 0 saturated heterocycles. The Labute approximate surface area is 184 Å². The molecule has 31 heavy (non-hydrogen) atoms. The molecule has 3 atom stereocenters. The van der Waals surface area contributed by atoms with E-state index in [-0.39, 0.29) is 28.6 Å². The zero-order chi connectivity index (χ0) is 22.2. The van der Waals surface area contributed by atoms with Gasteiger partial charge in [0.2, 0.25) is 0 Å². The summed E-state index contributed by atoms with van der Waals surface area (Å²) in [5.41, 5.74) is 2.03. The summed E-state index contributed by atoms with van der Waals surface area (Å²) in [6.45, 7) is 10.8. The Morgan fingerprint density at radius 2 is 1.61 bits per heavy atom. The van der Waals surface area contributed by atoms with Crippen LogP contribution < -0.4 is 4.74 Å². The molecule has 0 bridgehead atoms. The molecule has 0 aliphatic heterocycles. The molecule has 0 N–H and O–H groups in total. The van der Waals surface area contributed by atoms with E-state index >= 15 is 0 Å². The van der Waals surface area contributed by atoms with E-state index in [1.165, 1.54) is 0 Å². The number of nitrogens with zero attached hydrogens (tertiary/aromatic N) is 3. The lowest BCUT2D eigenvalue weighted by molar-refractivity contribution is 0.479. The van der Waals surface area contributed by atoms with Crippen molar-refractivity contribution in [2.45, 2.75) is 51.9 Å². The molecule has 0 radical (unpaired) electrons. The number of aromatic nitrogens is 2. The second kappa shape index (κ2) is 7.81. The summed E-state index contributed by atoms with van der Waals surface area (Å²) in [6.07, 6.45) is 3.90. The van der Waals surface area contributed by atoms with E-state index in [0.29, 0.717) is 0 Å². The molecule has 3 aromatic rings. The fourth-order valence-electron chi connectivity index (χ4n) is 4.58. The van der Waals surface area contributed by atoms with Crippen molar-refractivity contribution in [2.75, 3.05) is 0 Å². The molecule has 2 aromatic carbocycles. The van der Waals surface area contributed by atoms with Gasteiger partial charge in [0.1, 0.15) is 17.3 Å². The third-order valence-electron chi connectivity index (χ3n) is 6.31. The molecule has 4 heteroatoms. The lowest BCUT2D eigenvalue weighted by Gasteiger charge is -2.16. The predicted molar refractivity (Wildman–Crippen MR) is 122 cm³/mol. The van der Waals surface area contributed by atoms with Gasteiger partial charge in [-0.15, -0.1) is 0 Å². The van der Waals surface area contributed by atoms with Crippen molar-refractivity contribution in [2.24, 2.45) is 11.3 Å². The first-order valence-electron chi connectivity index (χ1n) is 10.8. The number of nitriles is 1. The van der Waals surface area contributed by atoms with Gasteiger partial charge >= 0.3 is 0 Å². The van der Waals surface area contributed by atoms with Gasteiger partial charge in [-0.25, -0.2) is 9.97 Å². The van der Waals surface area contributed by atoms with E-state index in [2.05, 4.69) is 50.7 Å². The van der Waals surface area contributed by atoms with Crippen LogP contribution in [0.4, 0.5) is 0 Å². The van der Waals surface area contributed by atoms with Crippen molar-refractivity contribution in [3.8, 4) is 17.6 Å². The normalized spacial score (nSPS) is 20.5. The Kier molecular flexibility index (Phi) is 5.31. The van der Waals surface area contributed by atoms with Gasteiger partial charge in [0.15, 0.2) is 0 Å². The topological polar surface area (TPSA) is 58.8 Å². The smallest absolute Gasteiger partial charge is 0.133 e. The first-order chi connectivity index (χ1) is 14.7. The number of para-hydroxylation sites is 1. The summed E-state index contributed by atoms with van der Waals surface area (Å²) in [5.74, 6) is 2.61. The van der Waals surface area contributed by atoms with Gasteiger partial charge < -0.3 is 4.74 Å². The van der Waals surface area contributed by atoms with Crippen molar-refractivity contribution in [1.82, 2.24) is 9.97 Å². The van der Waals surface area contributed by atoms with Gasteiger partial charge in [0.25, 0.3) is 0 Å². The molecule has 1 saturated carbocycles. The molecular formula is C27H29N3O. The largest absolute Gasteiger partial charge is 0.457 e. The second-order valence-corrected chi connectivity index (χ2v) is 10.0. The SMILES string of the molecule is CC(C)(C)c1ncc([C@@H]2[C@@H]([C@@H](C#N)c3cccc(Oc4ccccc4)c3)C2(C)C)cn1. The van der Waals surface area contributed by atoms with Gasteiger partial charge in [-0.1, -0.05) is 65.0 Å². The van der Waals surface area contributed by atoms with Crippen LogP contribution in [0.5, 0.6) is 11.5 Å². The standard InChI is InChI=1S/C27H29N3O/c1-26(2,3)25-29-16-19(17-30-25)23-24(27(23,4)5)22(15-28)18-10-9-13-21(14-18)31-20-11-7-6-8-12-20/h6-14,16-17,22-24H,1-5H3/t22-,23+,24+/m0/s1. The fourth-order valence-corrected chi connectivity index (χ4v) is 4.58. The highest BCUT2D eigenvalue weighted by atomic mass is 16.5.